The number of carbonyl (C=O) groups excluding carboxylic acids is 1. The fourth-order valence-electron chi connectivity index (χ4n) is 5.88. The van der Waals surface area contributed by atoms with E-state index in [1.165, 1.54) is 56.5 Å². The summed E-state index contributed by atoms with van der Waals surface area (Å²) in [5, 5.41) is 18.2. The Morgan fingerprint density at radius 1 is 1.38 bits per heavy atom. The lowest BCUT2D eigenvalue weighted by molar-refractivity contribution is -0.385. The first kappa shape index (κ1) is 17.3. The normalized spacial score (nSPS) is 33.1. The maximum atomic E-state index is 12.6. The molecular weight excluding hydrogens is 336 g/mol. The highest BCUT2D eigenvalue weighted by atomic mass is 16.6. The Balaban J connectivity index is 1.41. The van der Waals surface area contributed by atoms with Gasteiger partial charge in [-0.2, -0.15) is 0 Å². The molecule has 26 heavy (non-hydrogen) atoms. The van der Waals surface area contributed by atoms with Crippen molar-refractivity contribution < 1.29 is 14.5 Å². The number of nitrogens with zero attached hydrogens (tertiary/aromatic N) is 3. The molecule has 8 heteroatoms. The van der Waals surface area contributed by atoms with Crippen LogP contribution in [0.2, 0.25) is 0 Å². The van der Waals surface area contributed by atoms with Crippen molar-refractivity contribution in [1.29, 1.82) is 0 Å². The van der Waals surface area contributed by atoms with Gasteiger partial charge in [0.2, 0.25) is 5.91 Å². The van der Waals surface area contributed by atoms with Crippen LogP contribution in [-0.4, -0.2) is 34.3 Å². The van der Waals surface area contributed by atoms with Gasteiger partial charge in [0.05, 0.1) is 12.0 Å². The number of aromatic nitrogens is 2. The third-order valence-electron chi connectivity index (χ3n) is 6.65. The van der Waals surface area contributed by atoms with E-state index in [1.54, 1.807) is 6.92 Å². The highest BCUT2D eigenvalue weighted by Gasteiger charge is 2.50. The molecule has 4 bridgehead atoms. The molecular formula is C18H26N4O4. The Hall–Kier alpha value is -2.12. The smallest absolute Gasteiger partial charge is 0.350 e. The minimum absolute atomic E-state index is 0.0734. The molecule has 1 unspecified atom stereocenters. The first-order valence-corrected chi connectivity index (χ1v) is 9.44. The molecule has 1 amide bonds. The second-order valence-electron chi connectivity index (χ2n) is 8.57. The zero-order valence-electron chi connectivity index (χ0n) is 15.3. The molecule has 0 saturated heterocycles. The Bertz CT molecular complexity index is 693. The maximum Gasteiger partial charge on any atom is 0.350 e. The largest absolute Gasteiger partial charge is 0.475 e. The molecule has 1 aromatic heterocycles. The van der Waals surface area contributed by atoms with E-state index in [9.17, 15) is 14.9 Å². The van der Waals surface area contributed by atoms with Crippen molar-refractivity contribution in [3.05, 3.63) is 16.3 Å². The van der Waals surface area contributed by atoms with Gasteiger partial charge in [-0.15, -0.1) is 5.10 Å². The van der Waals surface area contributed by atoms with E-state index in [0.29, 0.717) is 6.54 Å². The van der Waals surface area contributed by atoms with Gasteiger partial charge in [-0.1, -0.05) is 0 Å². The Kier molecular flexibility index (Phi) is 4.16. The summed E-state index contributed by atoms with van der Waals surface area (Å²) in [7, 11) is 1.33. The molecule has 5 rings (SSSR count). The number of carbonyl (C=O) groups is 1. The van der Waals surface area contributed by atoms with Crippen LogP contribution in [0.4, 0.5) is 5.69 Å². The zero-order valence-corrected chi connectivity index (χ0v) is 15.3. The predicted octanol–water partition coefficient (Wildman–Crippen LogP) is 2.69. The second-order valence-corrected chi connectivity index (χ2v) is 8.57. The van der Waals surface area contributed by atoms with Gasteiger partial charge in [0, 0.05) is 6.54 Å². The van der Waals surface area contributed by atoms with Crippen LogP contribution in [0, 0.1) is 33.3 Å². The van der Waals surface area contributed by atoms with Crippen LogP contribution in [0.3, 0.4) is 0 Å². The van der Waals surface area contributed by atoms with Crippen molar-refractivity contribution in [2.24, 2.45) is 23.2 Å². The van der Waals surface area contributed by atoms with Crippen molar-refractivity contribution in [1.82, 2.24) is 15.1 Å². The molecule has 0 radical (unpaired) electrons. The van der Waals surface area contributed by atoms with Crippen LogP contribution in [0.15, 0.2) is 6.20 Å². The average molecular weight is 362 g/mol. The first-order valence-electron chi connectivity index (χ1n) is 9.44. The van der Waals surface area contributed by atoms with E-state index in [4.69, 9.17) is 4.74 Å². The van der Waals surface area contributed by atoms with Gasteiger partial charge in [0.25, 0.3) is 0 Å². The minimum atomic E-state index is -0.619. The summed E-state index contributed by atoms with van der Waals surface area (Å²) in [6.45, 7) is 2.41. The molecule has 4 fully saturated rings. The molecule has 1 N–H and O–H groups in total. The van der Waals surface area contributed by atoms with Crippen molar-refractivity contribution in [3.63, 3.8) is 0 Å². The van der Waals surface area contributed by atoms with Crippen molar-refractivity contribution in [2.45, 2.75) is 51.5 Å². The van der Waals surface area contributed by atoms with Crippen LogP contribution in [0.1, 0.15) is 51.5 Å². The standard InChI is InChI=1S/C18H26N4O4/c1-11(21-9-15(22(24)25)17(20-21)26-2)16(23)19-10-18-6-12-3-13(7-18)5-14(4-12)8-18/h9,11-14H,3-8,10H2,1-2H3,(H,19,23). The third-order valence-corrected chi connectivity index (χ3v) is 6.65. The van der Waals surface area contributed by atoms with E-state index in [2.05, 4.69) is 10.4 Å². The molecule has 1 atom stereocenters. The van der Waals surface area contributed by atoms with Crippen molar-refractivity contribution in [3.8, 4) is 5.88 Å². The lowest BCUT2D eigenvalue weighted by Gasteiger charge is -2.57. The fraction of sp³-hybridized carbons (Fsp3) is 0.778. The van der Waals surface area contributed by atoms with Gasteiger partial charge in [-0.05, 0) is 68.6 Å². The van der Waals surface area contributed by atoms with Crippen LogP contribution >= 0.6 is 0 Å². The summed E-state index contributed by atoms with van der Waals surface area (Å²) in [5.41, 5.74) is 0.0334. The molecule has 4 aliphatic carbocycles. The molecule has 1 aromatic rings. The van der Waals surface area contributed by atoms with Crippen molar-refractivity contribution >= 4 is 11.6 Å². The van der Waals surface area contributed by atoms with Crippen molar-refractivity contribution in [2.75, 3.05) is 13.7 Å². The van der Waals surface area contributed by atoms with Gasteiger partial charge in [0.1, 0.15) is 12.2 Å². The summed E-state index contributed by atoms with van der Waals surface area (Å²) >= 11 is 0. The highest BCUT2D eigenvalue weighted by molar-refractivity contribution is 5.79. The quantitative estimate of drug-likeness (QED) is 0.619. The number of nitrogens with one attached hydrogen (secondary N) is 1. The number of rotatable bonds is 6. The monoisotopic (exact) mass is 362 g/mol. The van der Waals surface area contributed by atoms with Crippen LogP contribution in [-0.2, 0) is 4.79 Å². The van der Waals surface area contributed by atoms with Gasteiger partial charge < -0.3 is 10.1 Å². The average Bonchev–Trinajstić information content (AvgIpc) is 3.02. The van der Waals surface area contributed by atoms with Crippen LogP contribution in [0.25, 0.3) is 0 Å². The summed E-state index contributed by atoms with van der Waals surface area (Å²) < 4.78 is 6.25. The lowest BCUT2D eigenvalue weighted by Crippen LogP contribution is -2.51. The minimum Gasteiger partial charge on any atom is -0.475 e. The topological polar surface area (TPSA) is 99.3 Å². The Morgan fingerprint density at radius 3 is 2.42 bits per heavy atom. The van der Waals surface area contributed by atoms with E-state index in [1.807, 2.05) is 0 Å². The summed E-state index contributed by atoms with van der Waals surface area (Å²) in [6, 6.07) is -0.619. The number of amides is 1. The predicted molar refractivity (Wildman–Crippen MR) is 93.8 cm³/mol. The third kappa shape index (κ3) is 2.95. The Morgan fingerprint density at radius 2 is 1.96 bits per heavy atom. The second kappa shape index (κ2) is 6.25. The lowest BCUT2D eigenvalue weighted by atomic mass is 9.49. The van der Waals surface area contributed by atoms with Crippen LogP contribution < -0.4 is 10.1 Å². The van der Waals surface area contributed by atoms with Gasteiger partial charge >= 0.3 is 11.6 Å². The van der Waals surface area contributed by atoms with E-state index >= 15 is 0 Å². The number of hydrogen-bond acceptors (Lipinski definition) is 5. The summed E-state index contributed by atoms with van der Waals surface area (Å²) in [6.07, 6.45) is 9.08. The van der Waals surface area contributed by atoms with E-state index < -0.39 is 11.0 Å². The van der Waals surface area contributed by atoms with Gasteiger partial charge in [-0.3, -0.25) is 14.9 Å². The summed E-state index contributed by atoms with van der Waals surface area (Å²) in [5.74, 6) is 2.30. The molecule has 1 heterocycles. The number of ether oxygens (including phenoxy) is 1. The SMILES string of the molecule is COc1nn(C(C)C(=O)NCC23CC4CC(CC(C4)C2)C3)cc1[N+](=O)[O-]. The van der Waals surface area contributed by atoms with Gasteiger partial charge in [0.15, 0.2) is 0 Å². The molecule has 142 valence electrons. The molecule has 0 aromatic carbocycles. The summed E-state index contributed by atoms with van der Waals surface area (Å²) in [4.78, 5) is 23.1. The molecule has 4 saturated carbocycles. The number of hydrogen-bond donors (Lipinski definition) is 1. The van der Waals surface area contributed by atoms with E-state index in [-0.39, 0.29) is 22.9 Å². The number of methoxy groups -OCH3 is 1. The molecule has 0 aliphatic heterocycles. The maximum absolute atomic E-state index is 12.6. The van der Waals surface area contributed by atoms with E-state index in [0.717, 1.165) is 17.8 Å². The number of nitro groups is 1. The fourth-order valence-corrected chi connectivity index (χ4v) is 5.88. The zero-order chi connectivity index (χ0) is 18.5. The molecule has 0 spiro atoms. The first-order chi connectivity index (χ1) is 12.4. The molecule has 8 nitrogen and oxygen atoms in total. The Labute approximate surface area is 152 Å². The van der Waals surface area contributed by atoms with Gasteiger partial charge in [-0.25, -0.2) is 4.68 Å². The highest BCUT2D eigenvalue weighted by Crippen LogP contribution is 2.59. The molecule has 4 aliphatic rings. The van der Waals surface area contributed by atoms with Crippen LogP contribution in [0.5, 0.6) is 5.88 Å².